The lowest BCUT2D eigenvalue weighted by Gasteiger charge is -2.14. The number of amides is 2. The molecule has 138 valence electrons. The number of carbonyl (C=O) groups is 2. The van der Waals surface area contributed by atoms with Crippen molar-refractivity contribution < 1.29 is 14.3 Å². The van der Waals surface area contributed by atoms with Crippen molar-refractivity contribution in [3.05, 3.63) is 60.2 Å². The van der Waals surface area contributed by atoms with E-state index in [1.807, 2.05) is 18.2 Å². The van der Waals surface area contributed by atoms with Crippen LogP contribution in [0.4, 0.5) is 0 Å². The van der Waals surface area contributed by atoms with Crippen molar-refractivity contribution in [3.8, 4) is 5.75 Å². The van der Waals surface area contributed by atoms with Gasteiger partial charge in [0.15, 0.2) is 6.61 Å². The molecule has 0 fully saturated rings. The minimum absolute atomic E-state index is 0.0923. The Morgan fingerprint density at radius 3 is 2.46 bits per heavy atom. The molecule has 0 aliphatic heterocycles. The molecule has 0 heterocycles. The maximum Gasteiger partial charge on any atom is 0.259 e. The number of likely N-dealkylation sites (N-methyl/N-ethyl adjacent to an activating group) is 1. The lowest BCUT2D eigenvalue weighted by molar-refractivity contribution is -0.130. The monoisotopic (exact) mass is 372 g/mol. The molecule has 2 amide bonds. The first kappa shape index (κ1) is 19.8. The Morgan fingerprint density at radius 2 is 1.73 bits per heavy atom. The van der Waals surface area contributed by atoms with Gasteiger partial charge in [0.2, 0.25) is 0 Å². The van der Waals surface area contributed by atoms with Crippen LogP contribution in [0.1, 0.15) is 16.8 Å². The van der Waals surface area contributed by atoms with Crippen LogP contribution in [0.2, 0.25) is 0 Å². The summed E-state index contributed by atoms with van der Waals surface area (Å²) in [5.41, 5.74) is 0.440. The fourth-order valence-electron chi connectivity index (χ4n) is 2.12. The van der Waals surface area contributed by atoms with Crippen LogP contribution in [0.15, 0.2) is 59.5 Å². The Kier molecular flexibility index (Phi) is 8.02. The quantitative estimate of drug-likeness (QED) is 0.543. The zero-order chi connectivity index (χ0) is 18.8. The van der Waals surface area contributed by atoms with Gasteiger partial charge < -0.3 is 15.0 Å². The summed E-state index contributed by atoms with van der Waals surface area (Å²) in [6.07, 6.45) is 0.868. The molecule has 2 aromatic carbocycles. The topological polar surface area (TPSA) is 58.6 Å². The number of thioether (sulfide) groups is 1. The van der Waals surface area contributed by atoms with Gasteiger partial charge in [0.05, 0.1) is 5.56 Å². The number of hydrogen-bond acceptors (Lipinski definition) is 4. The van der Waals surface area contributed by atoms with Crippen molar-refractivity contribution in [2.75, 3.05) is 33.0 Å². The van der Waals surface area contributed by atoms with Gasteiger partial charge in [0.1, 0.15) is 5.75 Å². The van der Waals surface area contributed by atoms with E-state index in [9.17, 15) is 9.59 Å². The van der Waals surface area contributed by atoms with E-state index in [-0.39, 0.29) is 18.4 Å². The van der Waals surface area contributed by atoms with Crippen molar-refractivity contribution in [1.82, 2.24) is 10.2 Å². The average Bonchev–Trinajstić information content (AvgIpc) is 2.66. The predicted octanol–water partition coefficient (Wildman–Crippen LogP) is 3.07. The van der Waals surface area contributed by atoms with Crippen LogP contribution in [0.3, 0.4) is 0 Å². The molecule has 0 aliphatic rings. The molecule has 0 saturated carbocycles. The number of carbonyl (C=O) groups excluding carboxylic acids is 2. The third-order valence-corrected chi connectivity index (χ3v) is 4.70. The molecule has 5 nitrogen and oxygen atoms in total. The lowest BCUT2D eigenvalue weighted by atomic mass is 10.2. The van der Waals surface area contributed by atoms with Gasteiger partial charge in [-0.15, -0.1) is 11.8 Å². The van der Waals surface area contributed by atoms with E-state index in [2.05, 4.69) is 17.4 Å². The predicted molar refractivity (Wildman–Crippen MR) is 105 cm³/mol. The smallest absolute Gasteiger partial charge is 0.259 e. The highest BCUT2D eigenvalue weighted by Crippen LogP contribution is 2.19. The van der Waals surface area contributed by atoms with Gasteiger partial charge in [-0.05, 0) is 36.4 Å². The molecule has 0 unspecified atom stereocenters. The molecule has 0 aromatic heterocycles. The SMILES string of the molecule is CN(C)C(=O)COc1ccccc1C(=O)NCCCSc1ccccc1. The number of benzene rings is 2. The van der Waals surface area contributed by atoms with E-state index < -0.39 is 0 Å². The van der Waals surface area contributed by atoms with E-state index >= 15 is 0 Å². The van der Waals surface area contributed by atoms with E-state index in [0.29, 0.717) is 17.9 Å². The number of para-hydroxylation sites is 1. The first-order valence-corrected chi connectivity index (χ1v) is 9.44. The number of rotatable bonds is 9. The van der Waals surface area contributed by atoms with Gasteiger partial charge in [0, 0.05) is 25.5 Å². The third kappa shape index (κ3) is 6.44. The fraction of sp³-hybridized carbons (Fsp3) is 0.300. The van der Waals surface area contributed by atoms with Gasteiger partial charge in [0.25, 0.3) is 11.8 Å². The number of hydrogen-bond donors (Lipinski definition) is 1. The first-order chi connectivity index (χ1) is 12.6. The normalized spacial score (nSPS) is 10.2. The number of nitrogens with zero attached hydrogens (tertiary/aromatic N) is 1. The summed E-state index contributed by atoms with van der Waals surface area (Å²) in [4.78, 5) is 26.7. The maximum absolute atomic E-state index is 12.4. The van der Waals surface area contributed by atoms with Crippen LogP contribution in [-0.4, -0.2) is 49.7 Å². The molecule has 2 aromatic rings. The molecule has 2 rings (SSSR count). The van der Waals surface area contributed by atoms with Crippen LogP contribution in [0.25, 0.3) is 0 Å². The van der Waals surface area contributed by atoms with Crippen LogP contribution in [-0.2, 0) is 4.79 Å². The molecule has 0 spiro atoms. The second-order valence-corrected chi connectivity index (χ2v) is 7.01. The summed E-state index contributed by atoms with van der Waals surface area (Å²) >= 11 is 1.77. The minimum Gasteiger partial charge on any atom is -0.483 e. The Hall–Kier alpha value is -2.47. The van der Waals surface area contributed by atoms with Crippen molar-refractivity contribution >= 4 is 23.6 Å². The average molecular weight is 372 g/mol. The summed E-state index contributed by atoms with van der Waals surface area (Å²) in [6, 6.07) is 17.1. The standard InChI is InChI=1S/C20H24N2O3S/c1-22(2)19(23)15-25-18-12-7-6-11-17(18)20(24)21-13-8-14-26-16-9-4-3-5-10-16/h3-7,9-12H,8,13-15H2,1-2H3,(H,21,24). The summed E-state index contributed by atoms with van der Waals surface area (Å²) in [5.74, 6) is 0.999. The summed E-state index contributed by atoms with van der Waals surface area (Å²) < 4.78 is 5.51. The van der Waals surface area contributed by atoms with Crippen molar-refractivity contribution in [1.29, 1.82) is 0 Å². The first-order valence-electron chi connectivity index (χ1n) is 8.46. The second-order valence-electron chi connectivity index (χ2n) is 5.84. The molecule has 0 bridgehead atoms. The van der Waals surface area contributed by atoms with E-state index in [0.717, 1.165) is 12.2 Å². The second kappa shape index (κ2) is 10.5. The molecule has 0 aliphatic carbocycles. The summed E-state index contributed by atoms with van der Waals surface area (Å²) in [7, 11) is 3.33. The largest absolute Gasteiger partial charge is 0.483 e. The van der Waals surface area contributed by atoms with Crippen LogP contribution in [0.5, 0.6) is 5.75 Å². The lowest BCUT2D eigenvalue weighted by Crippen LogP contribution is -2.29. The molecule has 0 saturated heterocycles. The number of nitrogens with one attached hydrogen (secondary N) is 1. The zero-order valence-corrected chi connectivity index (χ0v) is 15.9. The summed E-state index contributed by atoms with van der Waals surface area (Å²) in [5, 5.41) is 2.91. The molecule has 26 heavy (non-hydrogen) atoms. The van der Waals surface area contributed by atoms with E-state index in [4.69, 9.17) is 4.74 Å². The highest BCUT2D eigenvalue weighted by molar-refractivity contribution is 7.99. The highest BCUT2D eigenvalue weighted by Gasteiger charge is 2.13. The Bertz CT molecular complexity index is 720. The van der Waals surface area contributed by atoms with Crippen LogP contribution in [0, 0.1) is 0 Å². The van der Waals surface area contributed by atoms with E-state index in [1.165, 1.54) is 9.80 Å². The molecular formula is C20H24N2O3S. The molecule has 1 N–H and O–H groups in total. The van der Waals surface area contributed by atoms with Gasteiger partial charge >= 0.3 is 0 Å². The molecular weight excluding hydrogens is 348 g/mol. The van der Waals surface area contributed by atoms with Crippen LogP contribution >= 0.6 is 11.8 Å². The molecule has 6 heteroatoms. The maximum atomic E-state index is 12.4. The molecule has 0 atom stereocenters. The highest BCUT2D eigenvalue weighted by atomic mass is 32.2. The van der Waals surface area contributed by atoms with Crippen molar-refractivity contribution in [2.24, 2.45) is 0 Å². The van der Waals surface area contributed by atoms with Gasteiger partial charge in [-0.2, -0.15) is 0 Å². The Morgan fingerprint density at radius 1 is 1.04 bits per heavy atom. The minimum atomic E-state index is -0.192. The third-order valence-electron chi connectivity index (χ3n) is 3.60. The van der Waals surface area contributed by atoms with Gasteiger partial charge in [-0.1, -0.05) is 30.3 Å². The zero-order valence-electron chi connectivity index (χ0n) is 15.1. The van der Waals surface area contributed by atoms with E-state index in [1.54, 1.807) is 50.1 Å². The van der Waals surface area contributed by atoms with Gasteiger partial charge in [-0.25, -0.2) is 0 Å². The Labute approximate surface area is 158 Å². The van der Waals surface area contributed by atoms with Crippen molar-refractivity contribution in [2.45, 2.75) is 11.3 Å². The summed E-state index contributed by atoms with van der Waals surface area (Å²) in [6.45, 7) is 0.495. The molecule has 0 radical (unpaired) electrons. The van der Waals surface area contributed by atoms with Crippen molar-refractivity contribution in [3.63, 3.8) is 0 Å². The number of ether oxygens (including phenoxy) is 1. The Balaban J connectivity index is 1.78. The van der Waals surface area contributed by atoms with Gasteiger partial charge in [-0.3, -0.25) is 9.59 Å². The fourth-order valence-corrected chi connectivity index (χ4v) is 3.00. The van der Waals surface area contributed by atoms with Crippen LogP contribution < -0.4 is 10.1 Å².